The van der Waals surface area contributed by atoms with Crippen LogP contribution in [0, 0.1) is 0 Å². The molecule has 0 amide bonds. The predicted molar refractivity (Wildman–Crippen MR) is 190 cm³/mol. The smallest absolute Gasteiger partial charge is 0.187 e. The average molecular weight is 619 g/mol. The van der Waals surface area contributed by atoms with Crippen LogP contribution in [0.2, 0.25) is 0 Å². The number of carbonyl (C=O) groups excluding carboxylic acids is 2. The molecule has 248 valence electrons. The van der Waals surface area contributed by atoms with Crippen molar-refractivity contribution >= 4 is 22.9 Å². The molecular weight excluding hydrogens is 560 g/mol. The molecule has 2 aromatic rings. The zero-order chi connectivity index (χ0) is 32.4. The molecule has 0 saturated carbocycles. The molecule has 0 aliphatic rings. The predicted octanol–water partition coefficient (Wildman–Crippen LogP) is 11.0. The van der Waals surface area contributed by atoms with Crippen molar-refractivity contribution in [2.45, 2.75) is 124 Å². The Labute approximate surface area is 273 Å². The molecule has 6 heteroatoms. The third-order valence-electron chi connectivity index (χ3n) is 7.67. The van der Waals surface area contributed by atoms with Crippen LogP contribution in [0.1, 0.15) is 134 Å². The van der Waals surface area contributed by atoms with Crippen LogP contribution in [0.5, 0.6) is 11.5 Å². The number of nitrogens with one attached hydrogen (secondary N) is 2. The largest absolute Gasteiger partial charge is 0.494 e. The summed E-state index contributed by atoms with van der Waals surface area (Å²) in [6.45, 7) is 7.95. The number of allylic oxidation sites excluding steroid dienone is 2. The minimum Gasteiger partial charge on any atom is -0.494 e. The van der Waals surface area contributed by atoms with Crippen molar-refractivity contribution in [1.82, 2.24) is 0 Å². The number of ketones is 2. The zero-order valence-electron chi connectivity index (χ0n) is 28.2. The van der Waals surface area contributed by atoms with E-state index in [1.165, 1.54) is 70.3 Å². The van der Waals surface area contributed by atoms with E-state index in [1.54, 1.807) is 30.6 Å². The maximum Gasteiger partial charge on any atom is 0.187 e. The third kappa shape index (κ3) is 17.5. The Morgan fingerprint density at radius 1 is 0.578 bits per heavy atom. The molecule has 45 heavy (non-hydrogen) atoms. The minimum atomic E-state index is -0.101. The van der Waals surface area contributed by atoms with Gasteiger partial charge in [0.25, 0.3) is 0 Å². The molecular formula is C39H58N2O4. The Morgan fingerprint density at radius 2 is 1.09 bits per heavy atom. The fraction of sp³-hybridized carbons (Fsp3) is 0.538. The van der Waals surface area contributed by atoms with Gasteiger partial charge in [-0.15, -0.1) is 0 Å². The van der Waals surface area contributed by atoms with E-state index in [-0.39, 0.29) is 11.6 Å². The molecule has 0 atom stereocenters. The SMILES string of the molecule is CCCCCCCCOc1ccc(C(=O)/C=C\Nc2ccc(OCCCCCCCC)cc2N/C=C/C(=O)CCCCC)cc1. The number of hydrogen-bond donors (Lipinski definition) is 2. The number of anilines is 2. The van der Waals surface area contributed by atoms with Crippen LogP contribution >= 0.6 is 0 Å². The summed E-state index contributed by atoms with van der Waals surface area (Å²) < 4.78 is 11.9. The number of rotatable bonds is 27. The highest BCUT2D eigenvalue weighted by Crippen LogP contribution is 2.28. The molecule has 0 radical (unpaired) electrons. The molecule has 0 aliphatic carbocycles. The van der Waals surface area contributed by atoms with Gasteiger partial charge < -0.3 is 20.1 Å². The van der Waals surface area contributed by atoms with Gasteiger partial charge in [-0.2, -0.15) is 0 Å². The number of carbonyl (C=O) groups is 2. The summed E-state index contributed by atoms with van der Waals surface area (Å²) in [5.74, 6) is 1.55. The second-order valence-corrected chi connectivity index (χ2v) is 11.7. The highest BCUT2D eigenvalue weighted by molar-refractivity contribution is 6.04. The highest BCUT2D eigenvalue weighted by atomic mass is 16.5. The lowest BCUT2D eigenvalue weighted by Gasteiger charge is -2.13. The summed E-state index contributed by atoms with van der Waals surface area (Å²) in [6.07, 6.45) is 24.6. The van der Waals surface area contributed by atoms with Gasteiger partial charge >= 0.3 is 0 Å². The first-order valence-electron chi connectivity index (χ1n) is 17.5. The van der Waals surface area contributed by atoms with Crippen molar-refractivity contribution in [3.8, 4) is 11.5 Å². The van der Waals surface area contributed by atoms with E-state index in [1.807, 2.05) is 30.3 Å². The molecule has 0 saturated heterocycles. The van der Waals surface area contributed by atoms with E-state index in [0.717, 1.165) is 55.0 Å². The Kier molecular flexibility index (Phi) is 20.7. The van der Waals surface area contributed by atoms with E-state index in [9.17, 15) is 9.59 Å². The van der Waals surface area contributed by atoms with Crippen LogP contribution < -0.4 is 20.1 Å². The lowest BCUT2D eigenvalue weighted by atomic mass is 10.1. The van der Waals surface area contributed by atoms with Crippen molar-refractivity contribution in [1.29, 1.82) is 0 Å². The van der Waals surface area contributed by atoms with Crippen molar-refractivity contribution in [3.63, 3.8) is 0 Å². The van der Waals surface area contributed by atoms with Crippen LogP contribution in [0.25, 0.3) is 0 Å². The Hall–Kier alpha value is -3.54. The molecule has 0 aromatic heterocycles. The van der Waals surface area contributed by atoms with E-state index in [4.69, 9.17) is 9.47 Å². The Bertz CT molecular complexity index is 1140. The first kappa shape index (κ1) is 37.6. The molecule has 0 bridgehead atoms. The summed E-state index contributed by atoms with van der Waals surface area (Å²) >= 11 is 0. The quantitative estimate of drug-likeness (QED) is 0.0589. The van der Waals surface area contributed by atoms with Crippen LogP contribution in [0.4, 0.5) is 11.4 Å². The van der Waals surface area contributed by atoms with Gasteiger partial charge in [-0.3, -0.25) is 9.59 Å². The monoisotopic (exact) mass is 618 g/mol. The summed E-state index contributed by atoms with van der Waals surface area (Å²) in [5, 5.41) is 6.45. The van der Waals surface area contributed by atoms with Crippen LogP contribution in [-0.4, -0.2) is 24.8 Å². The lowest BCUT2D eigenvalue weighted by molar-refractivity contribution is -0.114. The Balaban J connectivity index is 1.93. The van der Waals surface area contributed by atoms with E-state index in [2.05, 4.69) is 31.4 Å². The molecule has 0 aliphatic heterocycles. The Morgan fingerprint density at radius 3 is 1.73 bits per heavy atom. The number of hydrogen-bond acceptors (Lipinski definition) is 6. The highest BCUT2D eigenvalue weighted by Gasteiger charge is 2.06. The molecule has 0 unspecified atom stereocenters. The van der Waals surface area contributed by atoms with Crippen LogP contribution in [0.3, 0.4) is 0 Å². The van der Waals surface area contributed by atoms with Gasteiger partial charge in [0.2, 0.25) is 0 Å². The summed E-state index contributed by atoms with van der Waals surface area (Å²) in [4.78, 5) is 25.0. The van der Waals surface area contributed by atoms with Crippen LogP contribution in [-0.2, 0) is 4.79 Å². The molecule has 0 fully saturated rings. The molecule has 2 rings (SSSR count). The van der Waals surface area contributed by atoms with Gasteiger partial charge in [-0.25, -0.2) is 0 Å². The van der Waals surface area contributed by atoms with Crippen LogP contribution in [0.15, 0.2) is 67.0 Å². The van der Waals surface area contributed by atoms with Gasteiger partial charge in [0.15, 0.2) is 11.6 Å². The second-order valence-electron chi connectivity index (χ2n) is 11.7. The third-order valence-corrected chi connectivity index (χ3v) is 7.67. The van der Waals surface area contributed by atoms with Gasteiger partial charge in [-0.05, 0) is 61.7 Å². The van der Waals surface area contributed by atoms with E-state index in [0.29, 0.717) is 25.2 Å². The molecule has 6 nitrogen and oxygen atoms in total. The van der Waals surface area contributed by atoms with Crippen molar-refractivity contribution in [2.75, 3.05) is 23.8 Å². The first-order valence-corrected chi connectivity index (χ1v) is 17.5. The summed E-state index contributed by atoms with van der Waals surface area (Å²) in [5.41, 5.74) is 2.13. The minimum absolute atomic E-state index is 0.101. The number of ether oxygens (including phenoxy) is 2. The maximum absolute atomic E-state index is 12.8. The molecule has 2 aromatic carbocycles. The fourth-order valence-electron chi connectivity index (χ4n) is 4.88. The maximum atomic E-state index is 12.8. The number of unbranched alkanes of at least 4 members (excludes halogenated alkanes) is 12. The average Bonchev–Trinajstić information content (AvgIpc) is 3.05. The summed E-state index contributed by atoms with van der Waals surface area (Å²) in [6, 6.07) is 13.1. The molecule has 0 spiro atoms. The van der Waals surface area contributed by atoms with Gasteiger partial charge in [0, 0.05) is 36.5 Å². The van der Waals surface area contributed by atoms with Crippen molar-refractivity contribution in [2.24, 2.45) is 0 Å². The fourth-order valence-corrected chi connectivity index (χ4v) is 4.88. The van der Waals surface area contributed by atoms with E-state index >= 15 is 0 Å². The van der Waals surface area contributed by atoms with Crippen molar-refractivity contribution < 1.29 is 19.1 Å². The topological polar surface area (TPSA) is 76.7 Å². The normalized spacial score (nSPS) is 11.3. The zero-order valence-corrected chi connectivity index (χ0v) is 28.2. The number of benzene rings is 2. The van der Waals surface area contributed by atoms with E-state index < -0.39 is 0 Å². The van der Waals surface area contributed by atoms with Gasteiger partial charge in [0.1, 0.15) is 11.5 Å². The molecule has 0 heterocycles. The lowest BCUT2D eigenvalue weighted by Crippen LogP contribution is -2.02. The summed E-state index contributed by atoms with van der Waals surface area (Å²) in [7, 11) is 0. The second kappa shape index (κ2) is 24.7. The first-order chi connectivity index (χ1) is 22.1. The van der Waals surface area contributed by atoms with Gasteiger partial charge in [-0.1, -0.05) is 97.8 Å². The molecule has 2 N–H and O–H groups in total. The van der Waals surface area contributed by atoms with Crippen molar-refractivity contribution in [3.05, 3.63) is 72.6 Å². The van der Waals surface area contributed by atoms with Gasteiger partial charge in [0.05, 0.1) is 24.6 Å². The standard InChI is InChI=1S/C39H58N2O4/c1-4-7-10-12-14-17-30-44-35-22-20-33(21-23-35)39(43)27-29-40-37-25-24-36(45-31-18-15-13-11-8-5-2)32-38(37)41-28-26-34(42)19-16-9-6-3/h20-29,32,40-41H,4-19,30-31H2,1-3H3/b28-26+,29-27-.